The Morgan fingerprint density at radius 1 is 0.439 bits per heavy atom. The van der Waals surface area contributed by atoms with Gasteiger partial charge < -0.3 is 13.7 Å². The normalized spacial score (nSPS) is 21.5. The van der Waals surface area contributed by atoms with Crippen molar-refractivity contribution in [2.45, 2.75) is 43.9 Å². The second-order valence-electron chi connectivity index (χ2n) is 17.5. The Labute approximate surface area is 331 Å². The van der Waals surface area contributed by atoms with Gasteiger partial charge >= 0.3 is 0 Å². The zero-order valence-corrected chi connectivity index (χ0v) is 31.7. The molecule has 4 fully saturated rings. The van der Waals surface area contributed by atoms with Gasteiger partial charge in [0, 0.05) is 27.2 Å². The maximum Gasteiger partial charge on any atom is 0.180 e. The molecule has 4 aliphatic carbocycles. The first-order valence-corrected chi connectivity index (χ1v) is 20.8. The molecule has 3 heteroatoms. The van der Waals surface area contributed by atoms with Gasteiger partial charge in [0.25, 0.3) is 0 Å². The van der Waals surface area contributed by atoms with Crippen LogP contribution in [0.25, 0.3) is 76.5 Å². The highest BCUT2D eigenvalue weighted by Gasteiger charge is 2.51. The lowest BCUT2D eigenvalue weighted by molar-refractivity contribution is -0.00518. The smallest absolute Gasteiger partial charge is 0.180 e. The van der Waals surface area contributed by atoms with Crippen molar-refractivity contribution < 1.29 is 8.83 Å². The molecule has 0 aliphatic heterocycles. The van der Waals surface area contributed by atoms with Crippen molar-refractivity contribution in [1.82, 2.24) is 0 Å². The minimum Gasteiger partial charge on any atom is -0.452 e. The average molecular weight is 736 g/mol. The van der Waals surface area contributed by atoms with Crippen LogP contribution in [0.4, 0.5) is 17.1 Å². The Balaban J connectivity index is 1.09. The van der Waals surface area contributed by atoms with Crippen LogP contribution >= 0.6 is 0 Å². The fourth-order valence-corrected chi connectivity index (χ4v) is 12.2. The number of rotatable bonds is 5. The molecule has 3 nitrogen and oxygen atoms in total. The second-order valence-corrected chi connectivity index (χ2v) is 17.5. The first-order chi connectivity index (χ1) is 28.2. The van der Waals surface area contributed by atoms with E-state index in [9.17, 15) is 0 Å². The zero-order chi connectivity index (χ0) is 37.2. The molecule has 4 bridgehead atoms. The maximum atomic E-state index is 6.80. The second kappa shape index (κ2) is 11.8. The molecule has 0 atom stereocenters. The van der Waals surface area contributed by atoms with Crippen LogP contribution in [-0.4, -0.2) is 0 Å². The number of nitrogens with zero attached hydrogens (tertiary/aromatic N) is 1. The van der Waals surface area contributed by atoms with Crippen LogP contribution in [0.5, 0.6) is 0 Å². The first-order valence-electron chi connectivity index (χ1n) is 20.8. The van der Waals surface area contributed by atoms with Crippen molar-refractivity contribution in [3.05, 3.63) is 163 Å². The fraction of sp³-hybridized carbons (Fsp3) is 0.185. The summed E-state index contributed by atoms with van der Waals surface area (Å²) in [4.78, 5) is 2.50. The molecule has 14 rings (SSSR count). The molecule has 10 aromatic rings. The Bertz CT molecular complexity index is 3200. The predicted molar refractivity (Wildman–Crippen MR) is 236 cm³/mol. The van der Waals surface area contributed by atoms with E-state index in [2.05, 4.69) is 157 Å². The van der Waals surface area contributed by atoms with Crippen molar-refractivity contribution in [3.8, 4) is 11.1 Å². The van der Waals surface area contributed by atoms with Gasteiger partial charge in [-0.05, 0) is 131 Å². The van der Waals surface area contributed by atoms with Gasteiger partial charge in [-0.3, -0.25) is 0 Å². The Morgan fingerprint density at radius 3 is 1.77 bits per heavy atom. The Morgan fingerprint density at radius 2 is 1.02 bits per heavy atom. The summed E-state index contributed by atoms with van der Waals surface area (Å²) in [5, 5.41) is 9.22. The summed E-state index contributed by atoms with van der Waals surface area (Å²) >= 11 is 0. The maximum absolute atomic E-state index is 6.80. The van der Waals surface area contributed by atoms with Crippen molar-refractivity contribution in [2.24, 2.45) is 17.8 Å². The van der Waals surface area contributed by atoms with Crippen LogP contribution in [0.1, 0.15) is 44.1 Å². The number of hydrogen-bond acceptors (Lipinski definition) is 3. The third kappa shape index (κ3) is 4.66. The van der Waals surface area contributed by atoms with Gasteiger partial charge in [0.15, 0.2) is 11.2 Å². The summed E-state index contributed by atoms with van der Waals surface area (Å²) in [6.45, 7) is 0. The third-order valence-corrected chi connectivity index (χ3v) is 14.2. The van der Waals surface area contributed by atoms with Crippen LogP contribution < -0.4 is 4.90 Å². The van der Waals surface area contributed by atoms with E-state index in [1.807, 2.05) is 6.07 Å². The topological polar surface area (TPSA) is 29.5 Å². The number of anilines is 3. The number of fused-ring (bicyclic) bond motifs is 9. The number of furan rings is 2. The molecule has 0 spiro atoms. The molecule has 0 radical (unpaired) electrons. The molecule has 57 heavy (non-hydrogen) atoms. The monoisotopic (exact) mass is 735 g/mol. The molecule has 4 aliphatic rings. The lowest BCUT2D eigenvalue weighted by Gasteiger charge is -2.57. The number of hydrogen-bond donors (Lipinski definition) is 0. The molecule has 0 saturated heterocycles. The lowest BCUT2D eigenvalue weighted by atomic mass is 9.48. The molecule has 0 N–H and O–H groups in total. The van der Waals surface area contributed by atoms with Gasteiger partial charge in [0.05, 0.1) is 16.8 Å². The fourth-order valence-electron chi connectivity index (χ4n) is 12.2. The average Bonchev–Trinajstić information content (AvgIpc) is 3.83. The largest absolute Gasteiger partial charge is 0.452 e. The minimum absolute atomic E-state index is 0.327. The summed E-state index contributed by atoms with van der Waals surface area (Å²) in [6.07, 6.45) is 8.42. The standard InChI is InChI=1S/C54H41NO2/c1-2-12-39-36(10-1)11-9-17-40(39)42-24-25-47(43-14-4-3-13-41(42)43)55(38-22-20-37(21-23-38)54-30-33-26-34(31-54)28-35(27-33)32-54)48-29-46-44-15-5-7-18-49(44)56-52(46)53-51(48)45-16-6-8-19-50(45)57-53/h1-25,29,33-35H,26-28,30-32H2. The molecule has 274 valence electrons. The van der Waals surface area contributed by atoms with Crippen molar-refractivity contribution in [1.29, 1.82) is 0 Å². The van der Waals surface area contributed by atoms with E-state index in [0.29, 0.717) is 5.41 Å². The highest BCUT2D eigenvalue weighted by molar-refractivity contribution is 6.25. The van der Waals surface area contributed by atoms with Crippen LogP contribution in [0, 0.1) is 17.8 Å². The van der Waals surface area contributed by atoms with E-state index in [-0.39, 0.29) is 0 Å². The van der Waals surface area contributed by atoms with Gasteiger partial charge in [-0.25, -0.2) is 0 Å². The van der Waals surface area contributed by atoms with Gasteiger partial charge in [-0.2, -0.15) is 0 Å². The quantitative estimate of drug-likeness (QED) is 0.176. The van der Waals surface area contributed by atoms with Crippen LogP contribution in [-0.2, 0) is 5.41 Å². The first kappa shape index (κ1) is 31.8. The SMILES string of the molecule is c1ccc2c(-c3ccc(N(c4ccc(C56CC7CC(CC(C7)C5)C6)cc4)c4cc5c6ccccc6oc5c5oc6ccccc6c45)c4ccccc34)cccc2c1. The third-order valence-electron chi connectivity index (χ3n) is 14.2. The highest BCUT2D eigenvalue weighted by atomic mass is 16.4. The van der Waals surface area contributed by atoms with Gasteiger partial charge in [-0.1, -0.05) is 121 Å². The van der Waals surface area contributed by atoms with E-state index < -0.39 is 0 Å². The molecule has 0 amide bonds. The summed E-state index contributed by atoms with van der Waals surface area (Å²) in [6, 6.07) is 58.0. The van der Waals surface area contributed by atoms with Gasteiger partial charge in [0.2, 0.25) is 0 Å². The predicted octanol–water partition coefficient (Wildman–Crippen LogP) is 15.4. The minimum atomic E-state index is 0.327. The lowest BCUT2D eigenvalue weighted by Crippen LogP contribution is -2.48. The van der Waals surface area contributed by atoms with Crippen LogP contribution in [0.15, 0.2) is 167 Å². The summed E-state index contributed by atoms with van der Waals surface area (Å²) < 4.78 is 13.4. The van der Waals surface area contributed by atoms with E-state index in [4.69, 9.17) is 8.83 Å². The highest BCUT2D eigenvalue weighted by Crippen LogP contribution is 2.61. The van der Waals surface area contributed by atoms with Crippen LogP contribution in [0.3, 0.4) is 0 Å². The Kier molecular flexibility index (Phi) is 6.62. The van der Waals surface area contributed by atoms with Crippen LogP contribution in [0.2, 0.25) is 0 Å². The Hall–Kier alpha value is -6.32. The molecule has 2 aromatic heterocycles. The van der Waals surface area contributed by atoms with Gasteiger partial charge in [-0.15, -0.1) is 0 Å². The molecule has 0 unspecified atom stereocenters. The number of benzene rings is 8. The summed E-state index contributed by atoms with van der Waals surface area (Å²) in [7, 11) is 0. The van der Waals surface area contributed by atoms with Crippen molar-refractivity contribution in [2.75, 3.05) is 4.90 Å². The van der Waals surface area contributed by atoms with E-state index >= 15 is 0 Å². The molecule has 4 saturated carbocycles. The van der Waals surface area contributed by atoms with Crippen molar-refractivity contribution in [3.63, 3.8) is 0 Å². The molecular formula is C54H41NO2. The summed E-state index contributed by atoms with van der Waals surface area (Å²) in [5.41, 5.74) is 11.0. The molecule has 2 heterocycles. The van der Waals surface area contributed by atoms with Gasteiger partial charge in [0.1, 0.15) is 11.2 Å². The van der Waals surface area contributed by atoms with E-state index in [1.165, 1.54) is 76.8 Å². The molecular weight excluding hydrogens is 695 g/mol. The molecule has 8 aromatic carbocycles. The van der Waals surface area contributed by atoms with E-state index in [1.54, 1.807) is 0 Å². The van der Waals surface area contributed by atoms with E-state index in [0.717, 1.165) is 78.7 Å². The zero-order valence-electron chi connectivity index (χ0n) is 31.7. The summed E-state index contributed by atoms with van der Waals surface area (Å²) in [5.74, 6) is 2.70. The van der Waals surface area contributed by atoms with Crippen molar-refractivity contribution >= 4 is 82.5 Å². The number of para-hydroxylation sites is 2.